The van der Waals surface area contributed by atoms with Gasteiger partial charge in [-0.1, -0.05) is 27.7 Å². The zero-order valence-electron chi connectivity index (χ0n) is 16.7. The van der Waals surface area contributed by atoms with Gasteiger partial charge in [-0.25, -0.2) is 9.78 Å². The average Bonchev–Trinajstić information content (AvgIpc) is 3.24. The van der Waals surface area contributed by atoms with Crippen LogP contribution in [0.1, 0.15) is 64.5 Å². The molecule has 0 bridgehead atoms. The van der Waals surface area contributed by atoms with E-state index in [1.54, 1.807) is 0 Å². The normalized spacial score (nSPS) is 15.7. The highest BCUT2D eigenvalue weighted by atomic mass is 16.5. The number of H-pyrrole nitrogens is 1. The smallest absolute Gasteiger partial charge is 0.406 e. The number of carbonyl (C=O) groups is 2. The standard InChI is InChI=1S/C13H21N3O.C3H7NO2.C2H6/c1-9(2)7-12(17)16-6-4-5-11(16)13-14-8-10(3)15-13;1-4-3(5)6-2;1-2/h8-9,11H,4-7H2,1-3H3,(H,14,15);1-2H3,(H,4,5);1-2H3. The number of likely N-dealkylation sites (tertiary alicyclic amines) is 1. The third-order valence-electron chi connectivity index (χ3n) is 3.58. The highest BCUT2D eigenvalue weighted by Crippen LogP contribution is 2.31. The maximum atomic E-state index is 12.1. The largest absolute Gasteiger partial charge is 0.453 e. The molecule has 1 aliphatic heterocycles. The van der Waals surface area contributed by atoms with E-state index in [2.05, 4.69) is 33.9 Å². The van der Waals surface area contributed by atoms with Crippen LogP contribution in [0.5, 0.6) is 0 Å². The molecule has 0 spiro atoms. The second kappa shape index (κ2) is 12.3. The predicted octanol–water partition coefficient (Wildman–Crippen LogP) is 3.43. The molecule has 7 nitrogen and oxygen atoms in total. The number of hydrogen-bond acceptors (Lipinski definition) is 4. The minimum atomic E-state index is -0.407. The summed E-state index contributed by atoms with van der Waals surface area (Å²) in [5, 5.41) is 2.25. The van der Waals surface area contributed by atoms with Crippen molar-refractivity contribution in [1.82, 2.24) is 20.2 Å². The summed E-state index contributed by atoms with van der Waals surface area (Å²) in [6, 6.07) is 0.162. The van der Waals surface area contributed by atoms with Crippen molar-refractivity contribution in [3.05, 3.63) is 17.7 Å². The first kappa shape index (κ1) is 22.9. The monoisotopic (exact) mass is 354 g/mol. The number of aryl methyl sites for hydroxylation is 1. The van der Waals surface area contributed by atoms with E-state index in [-0.39, 0.29) is 11.9 Å². The van der Waals surface area contributed by atoms with Crippen LogP contribution in [0.4, 0.5) is 4.79 Å². The average molecular weight is 354 g/mol. The van der Waals surface area contributed by atoms with Crippen molar-refractivity contribution in [3.63, 3.8) is 0 Å². The summed E-state index contributed by atoms with van der Waals surface area (Å²) in [6.45, 7) is 11.0. The van der Waals surface area contributed by atoms with Gasteiger partial charge in [-0.3, -0.25) is 4.79 Å². The lowest BCUT2D eigenvalue weighted by molar-refractivity contribution is -0.133. The van der Waals surface area contributed by atoms with Crippen molar-refractivity contribution in [3.8, 4) is 0 Å². The Kier molecular flexibility index (Phi) is 11.3. The molecule has 25 heavy (non-hydrogen) atoms. The van der Waals surface area contributed by atoms with E-state index >= 15 is 0 Å². The summed E-state index contributed by atoms with van der Waals surface area (Å²) >= 11 is 0. The van der Waals surface area contributed by atoms with Gasteiger partial charge in [-0.2, -0.15) is 0 Å². The molecule has 1 unspecified atom stereocenters. The van der Waals surface area contributed by atoms with E-state index in [1.807, 2.05) is 31.9 Å². The molecule has 1 aromatic heterocycles. The number of hydrogen-bond donors (Lipinski definition) is 2. The van der Waals surface area contributed by atoms with Gasteiger partial charge in [-0.15, -0.1) is 0 Å². The van der Waals surface area contributed by atoms with Crippen molar-refractivity contribution >= 4 is 12.0 Å². The minimum Gasteiger partial charge on any atom is -0.453 e. The Balaban J connectivity index is 0.000000614. The fourth-order valence-electron chi connectivity index (χ4n) is 2.52. The van der Waals surface area contributed by atoms with Gasteiger partial charge in [0.25, 0.3) is 0 Å². The van der Waals surface area contributed by atoms with Gasteiger partial charge in [0.1, 0.15) is 5.82 Å². The van der Waals surface area contributed by atoms with Crippen LogP contribution in [0.3, 0.4) is 0 Å². The molecule has 2 N–H and O–H groups in total. The fourth-order valence-corrected chi connectivity index (χ4v) is 2.52. The second-order valence-electron chi connectivity index (χ2n) is 6.04. The second-order valence-corrected chi connectivity index (χ2v) is 6.04. The summed E-state index contributed by atoms with van der Waals surface area (Å²) in [5.41, 5.74) is 1.06. The summed E-state index contributed by atoms with van der Waals surface area (Å²) in [4.78, 5) is 31.6. The molecule has 2 amide bonds. The molecule has 7 heteroatoms. The van der Waals surface area contributed by atoms with Crippen LogP contribution in [0.15, 0.2) is 6.20 Å². The molecular formula is C18H34N4O3. The third-order valence-corrected chi connectivity index (χ3v) is 3.58. The molecule has 1 aliphatic rings. The number of nitrogens with zero attached hydrogens (tertiary/aromatic N) is 2. The number of alkyl carbamates (subject to hydrolysis) is 1. The van der Waals surface area contributed by atoms with E-state index in [4.69, 9.17) is 0 Å². The van der Waals surface area contributed by atoms with Crippen molar-refractivity contribution in [2.75, 3.05) is 20.7 Å². The molecule has 1 atom stereocenters. The predicted molar refractivity (Wildman–Crippen MR) is 99.3 cm³/mol. The topological polar surface area (TPSA) is 87.3 Å². The number of aromatic nitrogens is 2. The molecule has 1 saturated heterocycles. The minimum absolute atomic E-state index is 0.162. The highest BCUT2D eigenvalue weighted by Gasteiger charge is 2.31. The van der Waals surface area contributed by atoms with Crippen LogP contribution in [0.2, 0.25) is 0 Å². The lowest BCUT2D eigenvalue weighted by Crippen LogP contribution is -2.31. The SMILES string of the molecule is CC.CNC(=O)OC.Cc1cnc(C2CCCN2C(=O)CC(C)C)[nH]1. The molecular weight excluding hydrogens is 320 g/mol. The van der Waals surface area contributed by atoms with Crippen LogP contribution in [0.25, 0.3) is 0 Å². The van der Waals surface area contributed by atoms with Crippen LogP contribution in [-0.2, 0) is 9.53 Å². The first-order chi connectivity index (χ1) is 11.9. The zero-order valence-corrected chi connectivity index (χ0v) is 16.7. The first-order valence-corrected chi connectivity index (χ1v) is 8.95. The number of ether oxygens (including phenoxy) is 1. The fraction of sp³-hybridized carbons (Fsp3) is 0.722. The van der Waals surface area contributed by atoms with E-state index in [0.717, 1.165) is 30.9 Å². The Bertz CT molecular complexity index is 508. The highest BCUT2D eigenvalue weighted by molar-refractivity contribution is 5.77. The lowest BCUT2D eigenvalue weighted by Gasteiger charge is -2.24. The van der Waals surface area contributed by atoms with Crippen molar-refractivity contribution in [1.29, 1.82) is 0 Å². The third kappa shape index (κ3) is 8.05. The molecule has 2 rings (SSSR count). The molecule has 144 valence electrons. The van der Waals surface area contributed by atoms with Crippen molar-refractivity contribution in [2.24, 2.45) is 5.92 Å². The van der Waals surface area contributed by atoms with Crippen molar-refractivity contribution in [2.45, 2.75) is 59.9 Å². The molecule has 0 aromatic carbocycles. The van der Waals surface area contributed by atoms with Crippen LogP contribution in [-0.4, -0.2) is 47.6 Å². The first-order valence-electron chi connectivity index (χ1n) is 8.95. The van der Waals surface area contributed by atoms with Crippen molar-refractivity contribution < 1.29 is 14.3 Å². The summed E-state index contributed by atoms with van der Waals surface area (Å²) in [5.74, 6) is 1.62. The lowest BCUT2D eigenvalue weighted by atomic mass is 10.1. The Labute approximate surface area is 151 Å². The molecule has 0 saturated carbocycles. The number of carbonyl (C=O) groups excluding carboxylic acids is 2. The van der Waals surface area contributed by atoms with E-state index in [0.29, 0.717) is 12.3 Å². The van der Waals surface area contributed by atoms with Crippen LogP contribution in [0, 0.1) is 12.8 Å². The van der Waals surface area contributed by atoms with Gasteiger partial charge in [0.2, 0.25) is 5.91 Å². The maximum Gasteiger partial charge on any atom is 0.406 e. The molecule has 1 fully saturated rings. The Hall–Kier alpha value is -2.05. The zero-order chi connectivity index (χ0) is 19.4. The van der Waals surface area contributed by atoms with Gasteiger partial charge in [0.15, 0.2) is 0 Å². The quantitative estimate of drug-likeness (QED) is 0.870. The number of rotatable bonds is 3. The Morgan fingerprint density at radius 1 is 1.44 bits per heavy atom. The van der Waals surface area contributed by atoms with Gasteiger partial charge < -0.3 is 19.9 Å². The summed E-state index contributed by atoms with van der Waals surface area (Å²) in [6.07, 6.45) is 4.16. The van der Waals surface area contributed by atoms with Gasteiger partial charge in [0, 0.05) is 31.9 Å². The van der Waals surface area contributed by atoms with Crippen LogP contribution < -0.4 is 5.32 Å². The number of amides is 2. The molecule has 0 radical (unpaired) electrons. The van der Waals surface area contributed by atoms with E-state index < -0.39 is 6.09 Å². The number of nitrogens with one attached hydrogen (secondary N) is 2. The summed E-state index contributed by atoms with van der Waals surface area (Å²) in [7, 11) is 2.82. The molecule has 0 aliphatic carbocycles. The maximum absolute atomic E-state index is 12.1. The molecule has 2 heterocycles. The number of imidazole rings is 1. The van der Waals surface area contributed by atoms with E-state index in [9.17, 15) is 9.59 Å². The Morgan fingerprint density at radius 3 is 2.48 bits per heavy atom. The van der Waals surface area contributed by atoms with E-state index in [1.165, 1.54) is 14.2 Å². The van der Waals surface area contributed by atoms with Crippen LogP contribution >= 0.6 is 0 Å². The van der Waals surface area contributed by atoms with Gasteiger partial charge in [0.05, 0.1) is 13.2 Å². The number of methoxy groups -OCH3 is 1. The Morgan fingerprint density at radius 2 is 2.08 bits per heavy atom. The van der Waals surface area contributed by atoms with Gasteiger partial charge >= 0.3 is 6.09 Å². The molecule has 1 aromatic rings. The van der Waals surface area contributed by atoms with Gasteiger partial charge in [-0.05, 0) is 25.7 Å². The number of aromatic amines is 1. The summed E-state index contributed by atoms with van der Waals surface area (Å²) < 4.78 is 4.15.